The lowest BCUT2D eigenvalue weighted by Gasteiger charge is -2.21. The number of benzene rings is 2. The zero-order chi connectivity index (χ0) is 14.7. The zero-order valence-corrected chi connectivity index (χ0v) is 12.2. The molecule has 0 saturated heterocycles. The van der Waals surface area contributed by atoms with E-state index in [1.54, 1.807) is 0 Å². The van der Waals surface area contributed by atoms with E-state index in [1.807, 2.05) is 49.5 Å². The predicted molar refractivity (Wildman–Crippen MR) is 85.5 cm³/mol. The highest BCUT2D eigenvalue weighted by molar-refractivity contribution is 5.69. The first-order valence-corrected chi connectivity index (χ1v) is 7.33. The molecular weight excluding hydrogens is 258 g/mol. The van der Waals surface area contributed by atoms with Gasteiger partial charge in [-0.15, -0.1) is 0 Å². The number of nitrogens with one attached hydrogen (secondary N) is 1. The van der Waals surface area contributed by atoms with Crippen molar-refractivity contribution in [1.82, 2.24) is 5.32 Å². The number of nitrogens with zero attached hydrogens (tertiary/aromatic N) is 2. The Balaban J connectivity index is 1.82. The van der Waals surface area contributed by atoms with E-state index in [4.69, 9.17) is 0 Å². The summed E-state index contributed by atoms with van der Waals surface area (Å²) in [5.41, 5.74) is 3.91. The molecule has 0 heterocycles. The maximum Gasteiger partial charge on any atom is 0.101 e. The summed E-state index contributed by atoms with van der Waals surface area (Å²) < 4.78 is 0. The van der Waals surface area contributed by atoms with E-state index >= 15 is 0 Å². The molecule has 1 aliphatic carbocycles. The largest absolute Gasteiger partial charge is 0.344 e. The Bertz CT molecular complexity index is 654. The molecule has 21 heavy (non-hydrogen) atoms. The van der Waals surface area contributed by atoms with Crippen LogP contribution in [0.1, 0.15) is 24.0 Å². The molecule has 2 aromatic carbocycles. The van der Waals surface area contributed by atoms with Crippen molar-refractivity contribution in [1.29, 1.82) is 5.26 Å². The van der Waals surface area contributed by atoms with Crippen LogP contribution in [0, 0.1) is 11.3 Å². The molecule has 106 valence electrons. The molecule has 0 radical (unpaired) electrons. The van der Waals surface area contributed by atoms with Gasteiger partial charge in [0, 0.05) is 25.3 Å². The van der Waals surface area contributed by atoms with E-state index < -0.39 is 0 Å². The summed E-state index contributed by atoms with van der Waals surface area (Å²) in [6.45, 7) is 0.842. The number of anilines is 2. The molecule has 0 atom stereocenters. The van der Waals surface area contributed by atoms with Gasteiger partial charge in [-0.2, -0.15) is 5.26 Å². The molecule has 0 aliphatic heterocycles. The number of hydrogen-bond donors (Lipinski definition) is 1. The van der Waals surface area contributed by atoms with Crippen LogP contribution in [-0.4, -0.2) is 13.1 Å². The van der Waals surface area contributed by atoms with Gasteiger partial charge in [0.05, 0.1) is 11.3 Å². The topological polar surface area (TPSA) is 39.1 Å². The standard InChI is InChI=1S/C18H19N3/c1-21(17-5-3-2-4-6-17)18-10-7-14(11-15(18)12-19)13-20-16-8-9-16/h2-7,10-11,16,20H,8-9,13H2,1H3. The highest BCUT2D eigenvalue weighted by Crippen LogP contribution is 2.27. The Morgan fingerprint density at radius 2 is 1.95 bits per heavy atom. The third-order valence-electron chi connectivity index (χ3n) is 3.86. The van der Waals surface area contributed by atoms with Crippen molar-refractivity contribution in [3.05, 3.63) is 59.7 Å². The quantitative estimate of drug-likeness (QED) is 0.908. The normalized spacial score (nSPS) is 13.7. The van der Waals surface area contributed by atoms with Gasteiger partial charge in [-0.25, -0.2) is 0 Å². The summed E-state index contributed by atoms with van der Waals surface area (Å²) in [6, 6.07) is 19.2. The lowest BCUT2D eigenvalue weighted by molar-refractivity contribution is 0.688. The average Bonchev–Trinajstić information content (AvgIpc) is 3.37. The third kappa shape index (κ3) is 3.24. The highest BCUT2D eigenvalue weighted by atomic mass is 15.1. The molecule has 1 aliphatic rings. The number of hydrogen-bond acceptors (Lipinski definition) is 3. The highest BCUT2D eigenvalue weighted by Gasteiger charge is 2.20. The van der Waals surface area contributed by atoms with Crippen molar-refractivity contribution in [2.24, 2.45) is 0 Å². The van der Waals surface area contributed by atoms with Crippen LogP contribution in [0.4, 0.5) is 11.4 Å². The van der Waals surface area contributed by atoms with Crippen LogP contribution < -0.4 is 10.2 Å². The van der Waals surface area contributed by atoms with E-state index in [1.165, 1.54) is 18.4 Å². The Hall–Kier alpha value is -2.31. The SMILES string of the molecule is CN(c1ccccc1)c1ccc(CNC2CC2)cc1C#N. The summed E-state index contributed by atoms with van der Waals surface area (Å²) in [5.74, 6) is 0. The van der Waals surface area contributed by atoms with Crippen LogP contribution >= 0.6 is 0 Å². The van der Waals surface area contributed by atoms with Gasteiger partial charge >= 0.3 is 0 Å². The van der Waals surface area contributed by atoms with E-state index in [9.17, 15) is 5.26 Å². The minimum absolute atomic E-state index is 0.683. The lowest BCUT2D eigenvalue weighted by Crippen LogP contribution is -2.16. The average molecular weight is 277 g/mol. The van der Waals surface area contributed by atoms with Crippen molar-refractivity contribution in [2.45, 2.75) is 25.4 Å². The first-order chi connectivity index (χ1) is 10.3. The van der Waals surface area contributed by atoms with Crippen molar-refractivity contribution >= 4 is 11.4 Å². The van der Waals surface area contributed by atoms with Gasteiger partial charge in [-0.1, -0.05) is 24.3 Å². The molecule has 0 bridgehead atoms. The Kier molecular flexibility index (Phi) is 3.89. The van der Waals surface area contributed by atoms with E-state index in [2.05, 4.69) is 22.4 Å². The maximum atomic E-state index is 9.43. The van der Waals surface area contributed by atoms with Crippen molar-refractivity contribution in [3.8, 4) is 6.07 Å². The first kappa shape index (κ1) is 13.7. The minimum Gasteiger partial charge on any atom is -0.344 e. The third-order valence-corrected chi connectivity index (χ3v) is 3.86. The Morgan fingerprint density at radius 3 is 2.62 bits per heavy atom. The molecule has 0 amide bonds. The summed E-state index contributed by atoms with van der Waals surface area (Å²) in [5, 5.41) is 12.9. The zero-order valence-electron chi connectivity index (χ0n) is 12.2. The summed E-state index contributed by atoms with van der Waals surface area (Å²) in [6.07, 6.45) is 2.56. The van der Waals surface area contributed by atoms with Gasteiger partial charge in [0.2, 0.25) is 0 Å². The van der Waals surface area contributed by atoms with Crippen molar-refractivity contribution < 1.29 is 0 Å². The van der Waals surface area contributed by atoms with Crippen LogP contribution in [0.3, 0.4) is 0 Å². The number of nitriles is 1. The molecule has 3 rings (SSSR count). The van der Waals surface area contributed by atoms with Gasteiger partial charge in [0.25, 0.3) is 0 Å². The summed E-state index contributed by atoms with van der Waals surface area (Å²) in [4.78, 5) is 2.05. The molecule has 2 aromatic rings. The van der Waals surface area contributed by atoms with Gasteiger partial charge in [-0.05, 0) is 42.7 Å². The van der Waals surface area contributed by atoms with E-state index in [0.29, 0.717) is 6.04 Å². The summed E-state index contributed by atoms with van der Waals surface area (Å²) in [7, 11) is 1.99. The van der Waals surface area contributed by atoms with Crippen molar-refractivity contribution in [3.63, 3.8) is 0 Å². The number of rotatable bonds is 5. The Labute approximate surface area is 125 Å². The van der Waals surface area contributed by atoms with Gasteiger partial charge in [0.1, 0.15) is 6.07 Å². The molecule has 0 unspecified atom stereocenters. The monoisotopic (exact) mass is 277 g/mol. The first-order valence-electron chi connectivity index (χ1n) is 7.33. The fraction of sp³-hybridized carbons (Fsp3) is 0.278. The van der Waals surface area contributed by atoms with Crippen LogP contribution in [0.15, 0.2) is 48.5 Å². The van der Waals surface area contributed by atoms with Gasteiger partial charge in [0.15, 0.2) is 0 Å². The molecule has 1 fully saturated rings. The molecule has 1 N–H and O–H groups in total. The van der Waals surface area contributed by atoms with Gasteiger partial charge in [-0.3, -0.25) is 0 Å². The molecule has 0 spiro atoms. The molecular formula is C18H19N3. The molecule has 1 saturated carbocycles. The molecule has 3 nitrogen and oxygen atoms in total. The number of para-hydroxylation sites is 1. The lowest BCUT2D eigenvalue weighted by atomic mass is 10.1. The fourth-order valence-corrected chi connectivity index (χ4v) is 2.42. The second-order valence-electron chi connectivity index (χ2n) is 5.51. The van der Waals surface area contributed by atoms with E-state index in [-0.39, 0.29) is 0 Å². The van der Waals surface area contributed by atoms with E-state index in [0.717, 1.165) is 23.5 Å². The second-order valence-corrected chi connectivity index (χ2v) is 5.51. The summed E-state index contributed by atoms with van der Waals surface area (Å²) >= 11 is 0. The van der Waals surface area contributed by atoms with Gasteiger partial charge < -0.3 is 10.2 Å². The molecule has 3 heteroatoms. The fourth-order valence-electron chi connectivity index (χ4n) is 2.42. The van der Waals surface area contributed by atoms with Crippen LogP contribution in [0.5, 0.6) is 0 Å². The Morgan fingerprint density at radius 1 is 1.19 bits per heavy atom. The second kappa shape index (κ2) is 5.99. The smallest absolute Gasteiger partial charge is 0.101 e. The van der Waals surface area contributed by atoms with Crippen LogP contribution in [0.25, 0.3) is 0 Å². The van der Waals surface area contributed by atoms with Crippen LogP contribution in [-0.2, 0) is 6.54 Å². The van der Waals surface area contributed by atoms with Crippen molar-refractivity contribution in [2.75, 3.05) is 11.9 Å². The minimum atomic E-state index is 0.683. The predicted octanol–water partition coefficient (Wildman–Crippen LogP) is 3.58. The molecule has 0 aromatic heterocycles. The maximum absolute atomic E-state index is 9.43. The van der Waals surface area contributed by atoms with Crippen LogP contribution in [0.2, 0.25) is 0 Å².